The van der Waals surface area contributed by atoms with Crippen LogP contribution in [0, 0.1) is 0 Å². The van der Waals surface area contributed by atoms with Crippen molar-refractivity contribution in [1.82, 2.24) is 19.7 Å². The molecule has 3 N–H and O–H groups in total. The quantitative estimate of drug-likeness (QED) is 0.711. The van der Waals surface area contributed by atoms with Crippen molar-refractivity contribution in [2.24, 2.45) is 0 Å². The van der Waals surface area contributed by atoms with Gasteiger partial charge in [-0.2, -0.15) is 9.78 Å². The zero-order chi connectivity index (χ0) is 10.8. The Kier molecular flexibility index (Phi) is 2.05. The number of anilines is 1. The summed E-state index contributed by atoms with van der Waals surface area (Å²) in [6, 6.07) is 1.64. The largest absolute Gasteiger partial charge is 0.477 e. The predicted molar refractivity (Wildman–Crippen MR) is 50.5 cm³/mol. The third kappa shape index (κ3) is 1.50. The van der Waals surface area contributed by atoms with Crippen molar-refractivity contribution in [3.8, 4) is 5.95 Å². The standard InChI is InChI=1S/C8H7N5O2/c9-6-5(7(14)15)4-12-13(6)8-10-2-1-3-11-8/h1-4H,9H2,(H,14,15). The summed E-state index contributed by atoms with van der Waals surface area (Å²) in [7, 11) is 0. The van der Waals surface area contributed by atoms with Crippen molar-refractivity contribution in [3.63, 3.8) is 0 Å². The number of nitrogens with two attached hydrogens (primary N) is 1. The number of rotatable bonds is 2. The van der Waals surface area contributed by atoms with Gasteiger partial charge in [0.15, 0.2) is 0 Å². The van der Waals surface area contributed by atoms with Crippen molar-refractivity contribution in [2.75, 3.05) is 5.73 Å². The minimum Gasteiger partial charge on any atom is -0.477 e. The molecule has 7 nitrogen and oxygen atoms in total. The molecule has 0 aliphatic rings. The van der Waals surface area contributed by atoms with E-state index in [0.717, 1.165) is 6.20 Å². The number of hydrogen-bond donors (Lipinski definition) is 2. The number of aromatic nitrogens is 4. The highest BCUT2D eigenvalue weighted by atomic mass is 16.4. The summed E-state index contributed by atoms with van der Waals surface area (Å²) in [5.41, 5.74) is 5.51. The Bertz CT molecular complexity index is 493. The van der Waals surface area contributed by atoms with Crippen molar-refractivity contribution in [3.05, 3.63) is 30.2 Å². The molecule has 2 heterocycles. The average Bonchev–Trinajstić information content (AvgIpc) is 2.61. The molecule has 0 bridgehead atoms. The van der Waals surface area contributed by atoms with Crippen LogP contribution < -0.4 is 5.73 Å². The van der Waals surface area contributed by atoms with E-state index in [1.165, 1.54) is 17.1 Å². The highest BCUT2D eigenvalue weighted by molar-refractivity contribution is 5.92. The topological polar surface area (TPSA) is 107 Å². The second-order valence-corrected chi connectivity index (χ2v) is 2.71. The summed E-state index contributed by atoms with van der Waals surface area (Å²) < 4.78 is 1.17. The van der Waals surface area contributed by atoms with Crippen LogP contribution in [0.3, 0.4) is 0 Å². The molecule has 0 aromatic carbocycles. The average molecular weight is 205 g/mol. The van der Waals surface area contributed by atoms with Gasteiger partial charge in [-0.3, -0.25) is 0 Å². The van der Waals surface area contributed by atoms with Gasteiger partial charge in [0.2, 0.25) is 0 Å². The first-order valence-corrected chi connectivity index (χ1v) is 4.04. The van der Waals surface area contributed by atoms with Crippen LogP contribution in [-0.2, 0) is 0 Å². The lowest BCUT2D eigenvalue weighted by Gasteiger charge is -2.00. The first kappa shape index (κ1) is 9.13. The van der Waals surface area contributed by atoms with Crippen molar-refractivity contribution in [1.29, 1.82) is 0 Å². The fourth-order valence-electron chi connectivity index (χ4n) is 1.08. The number of nitrogen functional groups attached to an aromatic ring is 1. The molecule has 0 aliphatic carbocycles. The molecular formula is C8H7N5O2. The summed E-state index contributed by atoms with van der Waals surface area (Å²) in [4.78, 5) is 18.5. The second-order valence-electron chi connectivity index (χ2n) is 2.71. The van der Waals surface area contributed by atoms with Gasteiger partial charge in [-0.25, -0.2) is 14.8 Å². The summed E-state index contributed by atoms with van der Waals surface area (Å²) >= 11 is 0. The summed E-state index contributed by atoms with van der Waals surface area (Å²) in [5, 5.41) is 12.5. The number of carboxylic acid groups (broad SMARTS) is 1. The van der Waals surface area contributed by atoms with Crippen LogP contribution in [0.1, 0.15) is 10.4 Å². The first-order chi connectivity index (χ1) is 7.20. The van der Waals surface area contributed by atoms with Gasteiger partial charge in [0.25, 0.3) is 5.95 Å². The van der Waals surface area contributed by atoms with Gasteiger partial charge in [-0.1, -0.05) is 0 Å². The second kappa shape index (κ2) is 3.37. The van der Waals surface area contributed by atoms with Gasteiger partial charge in [0, 0.05) is 12.4 Å². The Morgan fingerprint density at radius 1 is 1.40 bits per heavy atom. The Labute approximate surface area is 84.2 Å². The molecule has 2 aromatic rings. The highest BCUT2D eigenvalue weighted by Gasteiger charge is 2.15. The summed E-state index contributed by atoms with van der Waals surface area (Å²) in [6.45, 7) is 0. The monoisotopic (exact) mass is 205 g/mol. The zero-order valence-electron chi connectivity index (χ0n) is 7.53. The van der Waals surface area contributed by atoms with Crippen LogP contribution in [0.4, 0.5) is 5.82 Å². The molecule has 15 heavy (non-hydrogen) atoms. The van der Waals surface area contributed by atoms with Gasteiger partial charge < -0.3 is 10.8 Å². The van der Waals surface area contributed by atoms with E-state index in [1.807, 2.05) is 0 Å². The van der Waals surface area contributed by atoms with E-state index in [-0.39, 0.29) is 17.3 Å². The van der Waals surface area contributed by atoms with Crippen LogP contribution in [0.5, 0.6) is 0 Å². The van der Waals surface area contributed by atoms with Crippen LogP contribution in [0.2, 0.25) is 0 Å². The number of carboxylic acids is 1. The Morgan fingerprint density at radius 3 is 2.60 bits per heavy atom. The number of nitrogens with zero attached hydrogens (tertiary/aromatic N) is 4. The lowest BCUT2D eigenvalue weighted by Crippen LogP contribution is -2.08. The van der Waals surface area contributed by atoms with Crippen molar-refractivity contribution < 1.29 is 9.90 Å². The molecule has 2 aromatic heterocycles. The molecular weight excluding hydrogens is 198 g/mol. The van der Waals surface area contributed by atoms with Crippen LogP contribution in [0.25, 0.3) is 5.95 Å². The fourth-order valence-corrected chi connectivity index (χ4v) is 1.08. The minimum atomic E-state index is -1.13. The van der Waals surface area contributed by atoms with Crippen molar-refractivity contribution in [2.45, 2.75) is 0 Å². The SMILES string of the molecule is Nc1c(C(=O)O)cnn1-c1ncccn1. The smallest absolute Gasteiger partial charge is 0.341 e. The number of carbonyl (C=O) groups is 1. The fraction of sp³-hybridized carbons (Fsp3) is 0. The Hall–Kier alpha value is -2.44. The molecule has 0 amide bonds. The van der Waals surface area contributed by atoms with Crippen LogP contribution in [0.15, 0.2) is 24.7 Å². The minimum absolute atomic E-state index is 0.00806. The molecule has 0 spiro atoms. The molecule has 0 aliphatic heterocycles. The Balaban J connectivity index is 2.52. The van der Waals surface area contributed by atoms with Gasteiger partial charge in [0.1, 0.15) is 11.4 Å². The lowest BCUT2D eigenvalue weighted by atomic mass is 10.3. The maximum Gasteiger partial charge on any atom is 0.341 e. The Morgan fingerprint density at radius 2 is 2.07 bits per heavy atom. The van der Waals surface area contributed by atoms with Gasteiger partial charge >= 0.3 is 5.97 Å². The zero-order valence-corrected chi connectivity index (χ0v) is 7.53. The lowest BCUT2D eigenvalue weighted by molar-refractivity contribution is 0.0698. The van der Waals surface area contributed by atoms with Gasteiger partial charge in [0.05, 0.1) is 6.20 Å². The van der Waals surface area contributed by atoms with E-state index in [0.29, 0.717) is 0 Å². The molecule has 76 valence electrons. The molecule has 0 unspecified atom stereocenters. The summed E-state index contributed by atoms with van der Waals surface area (Å²) in [6.07, 6.45) is 4.20. The van der Waals surface area contributed by atoms with Crippen LogP contribution in [-0.4, -0.2) is 30.8 Å². The van der Waals surface area contributed by atoms with E-state index in [9.17, 15) is 4.79 Å². The van der Waals surface area contributed by atoms with E-state index >= 15 is 0 Å². The molecule has 0 radical (unpaired) electrons. The van der Waals surface area contributed by atoms with Crippen LogP contribution >= 0.6 is 0 Å². The third-order valence-electron chi connectivity index (χ3n) is 1.78. The maximum atomic E-state index is 10.7. The third-order valence-corrected chi connectivity index (χ3v) is 1.78. The van der Waals surface area contributed by atoms with E-state index in [1.54, 1.807) is 6.07 Å². The van der Waals surface area contributed by atoms with Gasteiger partial charge in [-0.15, -0.1) is 0 Å². The molecule has 2 rings (SSSR count). The number of aromatic carboxylic acids is 1. The predicted octanol–water partition coefficient (Wildman–Crippen LogP) is -0.0573. The van der Waals surface area contributed by atoms with E-state index in [4.69, 9.17) is 10.8 Å². The molecule has 0 saturated carbocycles. The molecule has 7 heteroatoms. The van der Waals surface area contributed by atoms with E-state index in [2.05, 4.69) is 15.1 Å². The highest BCUT2D eigenvalue weighted by Crippen LogP contribution is 2.13. The maximum absolute atomic E-state index is 10.7. The van der Waals surface area contributed by atoms with E-state index < -0.39 is 5.97 Å². The molecule has 0 saturated heterocycles. The summed E-state index contributed by atoms with van der Waals surface area (Å²) in [5.74, 6) is -0.883. The number of hydrogen-bond acceptors (Lipinski definition) is 5. The molecule has 0 atom stereocenters. The molecule has 0 fully saturated rings. The van der Waals surface area contributed by atoms with Crippen molar-refractivity contribution >= 4 is 11.8 Å². The van der Waals surface area contributed by atoms with Gasteiger partial charge in [-0.05, 0) is 6.07 Å². The normalized spacial score (nSPS) is 10.1. The first-order valence-electron chi connectivity index (χ1n) is 4.04.